The Hall–Kier alpha value is -1.42. The molecule has 0 aromatic rings. The van der Waals surface area contributed by atoms with E-state index in [-0.39, 0.29) is 28.7 Å². The Morgan fingerprint density at radius 1 is 1.31 bits per heavy atom. The van der Waals surface area contributed by atoms with Crippen molar-refractivity contribution in [1.82, 2.24) is 0 Å². The number of allylic oxidation sites excluding steroid dienone is 2. The van der Waals surface area contributed by atoms with Gasteiger partial charge in [-0.25, -0.2) is 0 Å². The SMILES string of the molecule is C=C[C@]1(C)CC2CC[C@]34O[C@]3(C=CC(=O)C4(C)C)[C@]2(C)[C@@H](OC(C)=O)C1. The van der Waals surface area contributed by atoms with Gasteiger partial charge in [-0.15, -0.1) is 6.58 Å². The number of carbonyl (C=O) groups excluding carboxylic acids is 2. The van der Waals surface area contributed by atoms with Crippen molar-refractivity contribution in [2.45, 2.75) is 77.6 Å². The summed E-state index contributed by atoms with van der Waals surface area (Å²) in [6.45, 7) is 13.9. The van der Waals surface area contributed by atoms with E-state index in [9.17, 15) is 9.59 Å². The van der Waals surface area contributed by atoms with Crippen molar-refractivity contribution in [3.63, 3.8) is 0 Å². The highest BCUT2D eigenvalue weighted by molar-refractivity contribution is 5.98. The fraction of sp³-hybridized carbons (Fsp3) is 0.727. The summed E-state index contributed by atoms with van der Waals surface area (Å²) < 4.78 is 12.5. The van der Waals surface area contributed by atoms with Crippen molar-refractivity contribution in [3.8, 4) is 0 Å². The van der Waals surface area contributed by atoms with E-state index in [0.29, 0.717) is 5.92 Å². The molecule has 26 heavy (non-hydrogen) atoms. The average Bonchev–Trinajstić information content (AvgIpc) is 3.26. The van der Waals surface area contributed by atoms with E-state index in [0.717, 1.165) is 25.7 Å². The highest BCUT2D eigenvalue weighted by atomic mass is 16.6. The van der Waals surface area contributed by atoms with Crippen LogP contribution >= 0.6 is 0 Å². The first kappa shape index (κ1) is 18.0. The summed E-state index contributed by atoms with van der Waals surface area (Å²) in [6.07, 6.45) is 9.05. The van der Waals surface area contributed by atoms with Crippen molar-refractivity contribution in [2.24, 2.45) is 22.2 Å². The van der Waals surface area contributed by atoms with Gasteiger partial charge in [0.15, 0.2) is 5.78 Å². The Morgan fingerprint density at radius 2 is 2.00 bits per heavy atom. The van der Waals surface area contributed by atoms with Crippen LogP contribution in [0.2, 0.25) is 0 Å². The van der Waals surface area contributed by atoms with E-state index >= 15 is 0 Å². The van der Waals surface area contributed by atoms with Crippen LogP contribution in [0.1, 0.15) is 60.3 Å². The predicted octanol–water partition coefficient (Wildman–Crippen LogP) is 3.99. The minimum Gasteiger partial charge on any atom is -0.462 e. The smallest absolute Gasteiger partial charge is 0.302 e. The van der Waals surface area contributed by atoms with Crippen LogP contribution in [-0.2, 0) is 19.1 Å². The van der Waals surface area contributed by atoms with Gasteiger partial charge in [0.25, 0.3) is 0 Å². The second-order valence-electron chi connectivity index (χ2n) is 9.87. The molecule has 0 aromatic carbocycles. The van der Waals surface area contributed by atoms with Crippen LogP contribution in [0, 0.1) is 22.2 Å². The molecule has 3 fully saturated rings. The van der Waals surface area contributed by atoms with E-state index in [1.165, 1.54) is 6.92 Å². The summed E-state index contributed by atoms with van der Waals surface area (Å²) in [6, 6.07) is 0. The summed E-state index contributed by atoms with van der Waals surface area (Å²) in [4.78, 5) is 24.5. The van der Waals surface area contributed by atoms with Gasteiger partial charge in [-0.3, -0.25) is 9.59 Å². The number of esters is 1. The predicted molar refractivity (Wildman–Crippen MR) is 98.4 cm³/mol. The van der Waals surface area contributed by atoms with E-state index in [2.05, 4.69) is 20.4 Å². The third-order valence-electron chi connectivity index (χ3n) is 8.32. The van der Waals surface area contributed by atoms with Gasteiger partial charge < -0.3 is 9.47 Å². The first-order valence-corrected chi connectivity index (χ1v) is 9.73. The van der Waals surface area contributed by atoms with E-state index in [4.69, 9.17) is 9.47 Å². The van der Waals surface area contributed by atoms with E-state index < -0.39 is 16.6 Å². The van der Waals surface area contributed by atoms with Gasteiger partial charge in [0.05, 0.1) is 5.41 Å². The zero-order valence-electron chi connectivity index (χ0n) is 16.6. The fourth-order valence-corrected chi connectivity index (χ4v) is 6.49. The largest absolute Gasteiger partial charge is 0.462 e. The molecule has 6 atom stereocenters. The quantitative estimate of drug-likeness (QED) is 0.425. The normalized spacial score (nSPS) is 50.9. The number of fused-ring (bicyclic) bond motifs is 1. The maximum atomic E-state index is 12.6. The lowest BCUT2D eigenvalue weighted by Crippen LogP contribution is -2.64. The monoisotopic (exact) mass is 358 g/mol. The molecule has 0 aromatic heterocycles. The molecular formula is C22H30O4. The third-order valence-corrected chi connectivity index (χ3v) is 8.32. The summed E-state index contributed by atoms with van der Waals surface area (Å²) in [7, 11) is 0. The molecule has 3 aliphatic carbocycles. The van der Waals surface area contributed by atoms with Crippen LogP contribution in [0.3, 0.4) is 0 Å². The van der Waals surface area contributed by atoms with Gasteiger partial charge in [-0.1, -0.05) is 19.9 Å². The maximum Gasteiger partial charge on any atom is 0.302 e. The second kappa shape index (κ2) is 4.89. The van der Waals surface area contributed by atoms with Crippen molar-refractivity contribution < 1.29 is 19.1 Å². The molecule has 4 nitrogen and oxygen atoms in total. The maximum absolute atomic E-state index is 12.6. The molecule has 0 amide bonds. The summed E-state index contributed by atoms with van der Waals surface area (Å²) in [5.74, 6) is 0.225. The van der Waals surface area contributed by atoms with Crippen LogP contribution in [0.5, 0.6) is 0 Å². The van der Waals surface area contributed by atoms with Crippen molar-refractivity contribution in [2.75, 3.05) is 0 Å². The van der Waals surface area contributed by atoms with Gasteiger partial charge in [0.2, 0.25) is 0 Å². The van der Waals surface area contributed by atoms with Crippen molar-refractivity contribution in [1.29, 1.82) is 0 Å². The minimum absolute atomic E-state index is 0.0560. The molecule has 1 aliphatic heterocycles. The van der Waals surface area contributed by atoms with Crippen LogP contribution in [-0.4, -0.2) is 29.1 Å². The van der Waals surface area contributed by atoms with Gasteiger partial charge in [-0.05, 0) is 63.0 Å². The first-order valence-electron chi connectivity index (χ1n) is 9.73. The van der Waals surface area contributed by atoms with Crippen LogP contribution < -0.4 is 0 Å². The molecule has 4 aliphatic rings. The van der Waals surface area contributed by atoms with Gasteiger partial charge in [-0.2, -0.15) is 0 Å². The van der Waals surface area contributed by atoms with Gasteiger partial charge in [0.1, 0.15) is 17.3 Å². The summed E-state index contributed by atoms with van der Waals surface area (Å²) in [5.41, 5.74) is -1.95. The Labute approximate surface area is 156 Å². The van der Waals surface area contributed by atoms with Gasteiger partial charge in [0, 0.05) is 12.3 Å². The molecule has 1 unspecified atom stereocenters. The number of ketones is 1. The lowest BCUT2D eigenvalue weighted by atomic mass is 9.44. The minimum atomic E-state index is -0.560. The van der Waals surface area contributed by atoms with Crippen LogP contribution in [0.25, 0.3) is 0 Å². The number of rotatable bonds is 2. The molecule has 4 heteroatoms. The van der Waals surface area contributed by atoms with Crippen LogP contribution in [0.4, 0.5) is 0 Å². The highest BCUT2D eigenvalue weighted by Gasteiger charge is 2.87. The molecule has 0 bridgehead atoms. The van der Waals surface area contributed by atoms with Crippen LogP contribution in [0.15, 0.2) is 24.8 Å². The Morgan fingerprint density at radius 3 is 2.62 bits per heavy atom. The van der Waals surface area contributed by atoms with Crippen molar-refractivity contribution in [3.05, 3.63) is 24.8 Å². The third kappa shape index (κ3) is 1.79. The number of epoxide rings is 1. The Kier molecular flexibility index (Phi) is 3.38. The molecule has 1 saturated heterocycles. The standard InChI is InChI=1S/C22H30O4/c1-7-19(5)12-15-8-10-21-18(3,4)16(24)9-11-22(21,26-21)20(15,6)17(13-19)25-14(2)23/h7,9,11,15,17H,1,8,10,12-13H2,2-6H3/t15?,17-,19+,20-,21+,22+/m0/s1. The van der Waals surface area contributed by atoms with E-state index in [1.54, 1.807) is 6.08 Å². The zero-order chi connectivity index (χ0) is 19.2. The molecule has 0 N–H and O–H groups in total. The molecule has 142 valence electrons. The molecule has 4 rings (SSSR count). The number of hydrogen-bond acceptors (Lipinski definition) is 4. The van der Waals surface area contributed by atoms with E-state index in [1.807, 2.05) is 26.0 Å². The Balaban J connectivity index is 1.85. The Bertz CT molecular complexity index is 736. The molecule has 2 saturated carbocycles. The fourth-order valence-electron chi connectivity index (χ4n) is 6.49. The second-order valence-corrected chi connectivity index (χ2v) is 9.87. The average molecular weight is 358 g/mol. The number of ether oxygens (including phenoxy) is 2. The highest BCUT2D eigenvalue weighted by Crippen LogP contribution is 2.78. The summed E-state index contributed by atoms with van der Waals surface area (Å²) >= 11 is 0. The zero-order valence-corrected chi connectivity index (χ0v) is 16.6. The first-order chi connectivity index (χ1) is 12.0. The molecule has 0 spiro atoms. The lowest BCUT2D eigenvalue weighted by Gasteiger charge is -2.58. The molecule has 1 heterocycles. The number of carbonyl (C=O) groups is 2. The molecule has 0 radical (unpaired) electrons. The van der Waals surface area contributed by atoms with Crippen molar-refractivity contribution >= 4 is 11.8 Å². The number of hydrogen-bond donors (Lipinski definition) is 0. The summed E-state index contributed by atoms with van der Waals surface area (Å²) in [5, 5.41) is 0. The molecular weight excluding hydrogens is 328 g/mol. The topological polar surface area (TPSA) is 55.9 Å². The lowest BCUT2D eigenvalue weighted by molar-refractivity contribution is -0.176. The van der Waals surface area contributed by atoms with Gasteiger partial charge >= 0.3 is 5.97 Å².